The van der Waals surface area contributed by atoms with E-state index in [0.29, 0.717) is 5.92 Å². The zero-order chi connectivity index (χ0) is 9.84. The number of aryl methyl sites for hydroxylation is 1. The van der Waals surface area contributed by atoms with Crippen LogP contribution in [0.3, 0.4) is 0 Å². The number of halogens is 1. The van der Waals surface area contributed by atoms with Gasteiger partial charge in [0.15, 0.2) is 0 Å². The lowest BCUT2D eigenvalue weighted by molar-refractivity contribution is 0.649. The van der Waals surface area contributed by atoms with Crippen LogP contribution in [0, 0.1) is 6.92 Å². The fourth-order valence-electron chi connectivity index (χ4n) is 1.73. The van der Waals surface area contributed by atoms with Crippen molar-refractivity contribution >= 4 is 11.6 Å². The fourth-order valence-corrected chi connectivity index (χ4v) is 2.05. The molecule has 1 aromatic carbocycles. The van der Waals surface area contributed by atoms with Crippen molar-refractivity contribution in [1.29, 1.82) is 0 Å². The van der Waals surface area contributed by atoms with Crippen LogP contribution in [-0.2, 0) is 0 Å². The first-order chi connectivity index (χ1) is 6.15. The van der Waals surface area contributed by atoms with Gasteiger partial charge in [0.25, 0.3) is 0 Å². The minimum absolute atomic E-state index is 0.215. The molecule has 0 spiro atoms. The quantitative estimate of drug-likeness (QED) is 0.639. The van der Waals surface area contributed by atoms with Gasteiger partial charge in [-0.1, -0.05) is 36.8 Å². The first-order valence-corrected chi connectivity index (χ1v) is 5.29. The van der Waals surface area contributed by atoms with E-state index < -0.39 is 0 Å². The van der Waals surface area contributed by atoms with Gasteiger partial charge in [-0.3, -0.25) is 0 Å². The van der Waals surface area contributed by atoms with Crippen LogP contribution in [-0.4, -0.2) is 5.38 Å². The molecular formula is C12H17Cl. The Balaban J connectivity index is 2.91. The Hall–Kier alpha value is -0.490. The first-order valence-electron chi connectivity index (χ1n) is 4.85. The molecule has 0 saturated heterocycles. The highest BCUT2D eigenvalue weighted by Gasteiger charge is 2.14. The number of alkyl halides is 1. The molecule has 0 aromatic heterocycles. The minimum Gasteiger partial charge on any atom is -0.123 e. The smallest absolute Gasteiger partial charge is 0.0376 e. The van der Waals surface area contributed by atoms with E-state index in [1.807, 2.05) is 0 Å². The Morgan fingerprint density at radius 1 is 1.38 bits per heavy atom. The monoisotopic (exact) mass is 196 g/mol. The third kappa shape index (κ3) is 2.73. The van der Waals surface area contributed by atoms with Crippen molar-refractivity contribution in [2.75, 3.05) is 0 Å². The summed E-state index contributed by atoms with van der Waals surface area (Å²) in [5.41, 5.74) is 2.68. The zero-order valence-corrected chi connectivity index (χ0v) is 9.31. The van der Waals surface area contributed by atoms with Crippen molar-refractivity contribution in [3.05, 3.63) is 35.4 Å². The van der Waals surface area contributed by atoms with E-state index in [4.69, 9.17) is 11.6 Å². The van der Waals surface area contributed by atoms with Gasteiger partial charge >= 0.3 is 0 Å². The molecule has 0 saturated carbocycles. The molecule has 1 rings (SSSR count). The topological polar surface area (TPSA) is 0 Å². The molecule has 0 amide bonds. The van der Waals surface area contributed by atoms with Crippen molar-refractivity contribution in [3.63, 3.8) is 0 Å². The van der Waals surface area contributed by atoms with Gasteiger partial charge in [-0.2, -0.15) is 0 Å². The molecule has 0 aliphatic carbocycles. The standard InChI is InChI=1S/C12H17Cl/c1-4-12(10(3)13)11-7-5-6-9(2)8-11/h5-8,10,12H,4H2,1-3H3. The van der Waals surface area contributed by atoms with Crippen LogP contribution >= 0.6 is 11.6 Å². The molecule has 2 unspecified atom stereocenters. The molecule has 1 heteroatoms. The van der Waals surface area contributed by atoms with E-state index in [1.165, 1.54) is 11.1 Å². The van der Waals surface area contributed by atoms with Gasteiger partial charge in [0.1, 0.15) is 0 Å². The second-order valence-electron chi connectivity index (χ2n) is 3.61. The summed E-state index contributed by atoms with van der Waals surface area (Å²) in [6.07, 6.45) is 1.11. The predicted octanol–water partition coefficient (Wildman–Crippen LogP) is 4.12. The maximum absolute atomic E-state index is 6.13. The Labute approximate surface area is 85.9 Å². The van der Waals surface area contributed by atoms with Gasteiger partial charge in [0.05, 0.1) is 0 Å². The van der Waals surface area contributed by atoms with E-state index in [9.17, 15) is 0 Å². The van der Waals surface area contributed by atoms with Crippen LogP contribution in [0.1, 0.15) is 37.3 Å². The molecule has 0 aliphatic heterocycles. The van der Waals surface area contributed by atoms with Crippen LogP contribution in [0.2, 0.25) is 0 Å². The summed E-state index contributed by atoms with van der Waals surface area (Å²) in [7, 11) is 0. The minimum atomic E-state index is 0.215. The summed E-state index contributed by atoms with van der Waals surface area (Å²) in [5.74, 6) is 0.488. The third-order valence-corrected chi connectivity index (χ3v) is 2.77. The molecule has 0 aliphatic rings. The van der Waals surface area contributed by atoms with Crippen molar-refractivity contribution in [2.24, 2.45) is 0 Å². The first kappa shape index (κ1) is 10.6. The molecule has 0 bridgehead atoms. The lowest BCUT2D eigenvalue weighted by atomic mass is 9.93. The maximum atomic E-state index is 6.13. The Kier molecular flexibility index (Phi) is 3.80. The average molecular weight is 197 g/mol. The van der Waals surface area contributed by atoms with Crippen LogP contribution in [0.25, 0.3) is 0 Å². The highest BCUT2D eigenvalue weighted by Crippen LogP contribution is 2.27. The largest absolute Gasteiger partial charge is 0.123 e. The molecule has 2 atom stereocenters. The summed E-state index contributed by atoms with van der Waals surface area (Å²) >= 11 is 6.13. The van der Waals surface area contributed by atoms with Gasteiger partial charge in [-0.05, 0) is 31.7 Å². The van der Waals surface area contributed by atoms with Gasteiger partial charge in [0.2, 0.25) is 0 Å². The fraction of sp³-hybridized carbons (Fsp3) is 0.500. The molecule has 72 valence electrons. The van der Waals surface area contributed by atoms with E-state index >= 15 is 0 Å². The van der Waals surface area contributed by atoms with Gasteiger partial charge in [-0.25, -0.2) is 0 Å². The van der Waals surface area contributed by atoms with Crippen molar-refractivity contribution in [3.8, 4) is 0 Å². The summed E-state index contributed by atoms with van der Waals surface area (Å²) in [5, 5.41) is 0.215. The lowest BCUT2D eigenvalue weighted by Crippen LogP contribution is -2.08. The van der Waals surface area contributed by atoms with Crippen LogP contribution in [0.15, 0.2) is 24.3 Å². The number of benzene rings is 1. The highest BCUT2D eigenvalue weighted by atomic mass is 35.5. The molecular weight excluding hydrogens is 180 g/mol. The summed E-state index contributed by atoms with van der Waals surface area (Å²) in [6, 6.07) is 8.62. The Morgan fingerprint density at radius 3 is 2.54 bits per heavy atom. The van der Waals surface area contributed by atoms with Crippen molar-refractivity contribution in [1.82, 2.24) is 0 Å². The Bertz CT molecular complexity index is 266. The molecule has 0 radical (unpaired) electrons. The zero-order valence-electron chi connectivity index (χ0n) is 8.55. The Morgan fingerprint density at radius 2 is 2.08 bits per heavy atom. The summed E-state index contributed by atoms with van der Waals surface area (Å²) < 4.78 is 0. The van der Waals surface area contributed by atoms with Crippen LogP contribution in [0.5, 0.6) is 0 Å². The van der Waals surface area contributed by atoms with E-state index in [1.54, 1.807) is 0 Å². The lowest BCUT2D eigenvalue weighted by Gasteiger charge is -2.18. The highest BCUT2D eigenvalue weighted by molar-refractivity contribution is 6.20. The maximum Gasteiger partial charge on any atom is 0.0376 e. The molecule has 13 heavy (non-hydrogen) atoms. The summed E-state index contributed by atoms with van der Waals surface area (Å²) in [4.78, 5) is 0. The van der Waals surface area contributed by atoms with Crippen LogP contribution < -0.4 is 0 Å². The number of hydrogen-bond acceptors (Lipinski definition) is 0. The van der Waals surface area contributed by atoms with Gasteiger partial charge in [0, 0.05) is 5.38 Å². The SMILES string of the molecule is CCC(c1cccc(C)c1)C(C)Cl. The number of rotatable bonds is 3. The van der Waals surface area contributed by atoms with Crippen molar-refractivity contribution < 1.29 is 0 Å². The predicted molar refractivity (Wildman–Crippen MR) is 59.5 cm³/mol. The summed E-state index contributed by atoms with van der Waals surface area (Å²) in [6.45, 7) is 6.37. The molecule has 0 heterocycles. The second-order valence-corrected chi connectivity index (χ2v) is 4.29. The molecule has 0 N–H and O–H groups in total. The number of hydrogen-bond donors (Lipinski definition) is 0. The van der Waals surface area contributed by atoms with Crippen LogP contribution in [0.4, 0.5) is 0 Å². The van der Waals surface area contributed by atoms with Gasteiger partial charge in [-0.15, -0.1) is 11.6 Å². The molecule has 1 aromatic rings. The van der Waals surface area contributed by atoms with E-state index in [-0.39, 0.29) is 5.38 Å². The third-order valence-electron chi connectivity index (χ3n) is 2.46. The molecule has 0 fully saturated rings. The van der Waals surface area contributed by atoms with E-state index in [2.05, 4.69) is 45.0 Å². The van der Waals surface area contributed by atoms with E-state index in [0.717, 1.165) is 6.42 Å². The van der Waals surface area contributed by atoms with Crippen molar-refractivity contribution in [2.45, 2.75) is 38.5 Å². The van der Waals surface area contributed by atoms with Gasteiger partial charge < -0.3 is 0 Å². The average Bonchev–Trinajstić information content (AvgIpc) is 2.04. The second kappa shape index (κ2) is 4.66. The normalized spacial score (nSPS) is 15.4. The molecule has 0 nitrogen and oxygen atoms in total.